The smallest absolute Gasteiger partial charge is 0.0541 e. The van der Waals surface area contributed by atoms with Gasteiger partial charge in [0.1, 0.15) is 0 Å². The first-order valence-corrected chi connectivity index (χ1v) is 26.1. The Balaban J connectivity index is 0.884. The van der Waals surface area contributed by atoms with E-state index in [1.165, 1.54) is 121 Å². The monoisotopic (exact) mass is 944 g/mol. The van der Waals surface area contributed by atoms with Crippen LogP contribution in [-0.4, -0.2) is 9.13 Å². The van der Waals surface area contributed by atoms with Crippen molar-refractivity contribution < 1.29 is 0 Å². The zero-order valence-electron chi connectivity index (χ0n) is 41.7. The molecule has 74 heavy (non-hydrogen) atoms. The molecule has 2 aliphatic carbocycles. The van der Waals surface area contributed by atoms with Gasteiger partial charge in [0.2, 0.25) is 0 Å². The fourth-order valence-electron chi connectivity index (χ4n) is 13.7. The maximum Gasteiger partial charge on any atom is 0.0541 e. The second kappa shape index (κ2) is 16.0. The minimum Gasteiger partial charge on any atom is -0.309 e. The van der Waals surface area contributed by atoms with Gasteiger partial charge in [-0.3, -0.25) is 0 Å². The van der Waals surface area contributed by atoms with Crippen molar-refractivity contribution in [3.63, 3.8) is 0 Å². The van der Waals surface area contributed by atoms with Crippen molar-refractivity contribution in [2.24, 2.45) is 5.92 Å². The number of aromatic nitrogens is 2. The molecule has 13 aromatic rings. The molecule has 0 fully saturated rings. The molecular weight excluding hydrogens is 893 g/mol. The maximum atomic E-state index is 2.49. The molecule has 2 nitrogen and oxygen atoms in total. The third-order valence-electron chi connectivity index (χ3n) is 17.1. The standard InChI is InChI=1S/C72H52N2/c1-71(2)63-45-51(32-39-62(63)72(3)42-16-15-27-68(71)72)50-34-41-67-61(44-50)60-43-49(46-28-35-52(36-29-46)73-64-25-13-11-19-54(64)55-20-12-14-26-65(55)73)33-40-66(60)74(67)53-37-30-48(31-38-53)70-58-23-9-7-21-56(58)69(47-17-5-4-6-18-47)57-22-8-10-24-59(57)70/h4-45,68H,1-3H3. The van der Waals surface area contributed by atoms with Crippen LogP contribution in [-0.2, 0) is 10.8 Å². The van der Waals surface area contributed by atoms with Crippen LogP contribution in [0.3, 0.4) is 0 Å². The molecule has 0 aliphatic heterocycles. The Morgan fingerprint density at radius 2 is 0.716 bits per heavy atom. The van der Waals surface area contributed by atoms with Gasteiger partial charge >= 0.3 is 0 Å². The predicted octanol–water partition coefficient (Wildman–Crippen LogP) is 19.1. The molecule has 0 spiro atoms. The largest absolute Gasteiger partial charge is 0.309 e. The molecule has 2 heteroatoms. The molecule has 11 aromatic carbocycles. The molecule has 2 atom stereocenters. The summed E-state index contributed by atoms with van der Waals surface area (Å²) >= 11 is 0. The van der Waals surface area contributed by atoms with E-state index in [4.69, 9.17) is 0 Å². The first kappa shape index (κ1) is 42.7. The topological polar surface area (TPSA) is 9.86 Å². The number of hydrogen-bond donors (Lipinski definition) is 0. The van der Waals surface area contributed by atoms with Crippen LogP contribution < -0.4 is 0 Å². The summed E-state index contributed by atoms with van der Waals surface area (Å²) in [5, 5.41) is 10.1. The Labute approximate surface area is 431 Å². The maximum absolute atomic E-state index is 2.49. The Morgan fingerprint density at radius 3 is 1.26 bits per heavy atom. The number of fused-ring (bicyclic) bond motifs is 11. The van der Waals surface area contributed by atoms with Crippen molar-refractivity contribution in [3.05, 3.63) is 266 Å². The first-order valence-electron chi connectivity index (χ1n) is 26.1. The minimum atomic E-state index is -0.0110. The van der Waals surface area contributed by atoms with E-state index in [9.17, 15) is 0 Å². The fraction of sp³-hybridized carbons (Fsp3) is 0.0833. The molecule has 0 amide bonds. The van der Waals surface area contributed by atoms with E-state index in [1.54, 1.807) is 0 Å². The van der Waals surface area contributed by atoms with E-state index in [1.807, 2.05) is 0 Å². The third-order valence-corrected chi connectivity index (χ3v) is 17.1. The van der Waals surface area contributed by atoms with Gasteiger partial charge in [0.05, 0.1) is 22.1 Å². The molecule has 0 N–H and O–H groups in total. The summed E-state index contributed by atoms with van der Waals surface area (Å²) in [5.41, 5.74) is 19.8. The van der Waals surface area contributed by atoms with Gasteiger partial charge in [-0.25, -0.2) is 0 Å². The van der Waals surface area contributed by atoms with E-state index in [-0.39, 0.29) is 10.8 Å². The van der Waals surface area contributed by atoms with Gasteiger partial charge in [-0.05, 0) is 149 Å². The molecule has 2 aliphatic rings. The average Bonchev–Trinajstić information content (AvgIpc) is 4.05. The summed E-state index contributed by atoms with van der Waals surface area (Å²) in [6.45, 7) is 7.28. The predicted molar refractivity (Wildman–Crippen MR) is 314 cm³/mol. The van der Waals surface area contributed by atoms with E-state index in [0.717, 1.165) is 11.4 Å². The van der Waals surface area contributed by atoms with E-state index >= 15 is 0 Å². The van der Waals surface area contributed by atoms with Gasteiger partial charge in [-0.1, -0.05) is 215 Å². The van der Waals surface area contributed by atoms with Gasteiger partial charge in [-0.2, -0.15) is 0 Å². The summed E-state index contributed by atoms with van der Waals surface area (Å²) in [5.74, 6) is 0.414. The number of nitrogens with zero attached hydrogens (tertiary/aromatic N) is 2. The average molecular weight is 945 g/mol. The summed E-state index contributed by atoms with van der Waals surface area (Å²) in [6.07, 6.45) is 9.31. The third kappa shape index (κ3) is 6.18. The van der Waals surface area contributed by atoms with Gasteiger partial charge in [0, 0.05) is 38.3 Å². The van der Waals surface area contributed by atoms with Crippen LogP contribution >= 0.6 is 0 Å². The summed E-state index contributed by atoms with van der Waals surface area (Å²) in [6, 6.07) is 86.1. The van der Waals surface area contributed by atoms with Crippen LogP contribution in [0.2, 0.25) is 0 Å². The van der Waals surface area contributed by atoms with Crippen molar-refractivity contribution >= 4 is 65.2 Å². The lowest BCUT2D eigenvalue weighted by Gasteiger charge is -2.36. The molecule has 2 aromatic heterocycles. The van der Waals surface area contributed by atoms with Crippen molar-refractivity contribution in [2.45, 2.75) is 31.6 Å². The van der Waals surface area contributed by atoms with Crippen molar-refractivity contribution in [2.75, 3.05) is 0 Å². The molecule has 0 bridgehead atoms. The second-order valence-electron chi connectivity index (χ2n) is 21.5. The molecule has 2 heterocycles. The van der Waals surface area contributed by atoms with Crippen LogP contribution in [0.5, 0.6) is 0 Å². The van der Waals surface area contributed by atoms with E-state index < -0.39 is 0 Å². The van der Waals surface area contributed by atoms with Gasteiger partial charge in [-0.15, -0.1) is 0 Å². The first-order chi connectivity index (χ1) is 36.3. The Bertz CT molecular complexity index is 4390. The molecule has 0 saturated carbocycles. The lowest BCUT2D eigenvalue weighted by atomic mass is 9.67. The number of rotatable bonds is 6. The van der Waals surface area contributed by atoms with Crippen LogP contribution in [0.25, 0.3) is 121 Å². The quantitative estimate of drug-likeness (QED) is 0.147. The Hall–Kier alpha value is -8.98. The fourth-order valence-corrected chi connectivity index (χ4v) is 13.7. The van der Waals surface area contributed by atoms with Crippen molar-refractivity contribution in [1.82, 2.24) is 9.13 Å². The van der Waals surface area contributed by atoms with Crippen LogP contribution in [0, 0.1) is 5.92 Å². The minimum absolute atomic E-state index is 0.00213. The van der Waals surface area contributed by atoms with Crippen molar-refractivity contribution in [1.29, 1.82) is 0 Å². The van der Waals surface area contributed by atoms with Crippen molar-refractivity contribution in [3.8, 4) is 55.9 Å². The summed E-state index contributed by atoms with van der Waals surface area (Å²) < 4.78 is 4.86. The Kier molecular flexibility index (Phi) is 9.23. The molecule has 2 unspecified atom stereocenters. The van der Waals surface area contributed by atoms with E-state index in [2.05, 4.69) is 285 Å². The highest BCUT2D eigenvalue weighted by Gasteiger charge is 2.51. The number of hydrogen-bond acceptors (Lipinski definition) is 0. The highest BCUT2D eigenvalue weighted by molar-refractivity contribution is 6.21. The molecule has 15 rings (SSSR count). The van der Waals surface area contributed by atoms with E-state index in [0.29, 0.717) is 5.92 Å². The SMILES string of the molecule is CC1(C)c2cc(-c3ccc4c(c3)c3cc(-c5ccc(-n6c7ccccc7c7ccccc76)cc5)ccc3n4-c3ccc(-c4c5ccccc5c(-c5ccccc5)c5ccccc45)cc3)ccc2C2(C)C=CC=CC12. The van der Waals surface area contributed by atoms with Gasteiger partial charge in [0.15, 0.2) is 0 Å². The number of para-hydroxylation sites is 2. The lowest BCUT2D eigenvalue weighted by molar-refractivity contribution is 0.324. The highest BCUT2D eigenvalue weighted by Crippen LogP contribution is 2.57. The number of allylic oxidation sites excluding steroid dienone is 4. The Morgan fingerprint density at radius 1 is 0.311 bits per heavy atom. The molecule has 0 saturated heterocycles. The zero-order valence-corrected chi connectivity index (χ0v) is 41.7. The normalized spacial score (nSPS) is 16.8. The molecular formula is C72H52N2. The molecule has 350 valence electrons. The zero-order chi connectivity index (χ0) is 49.3. The highest BCUT2D eigenvalue weighted by atomic mass is 15.0. The molecule has 0 radical (unpaired) electrons. The second-order valence-corrected chi connectivity index (χ2v) is 21.5. The van der Waals surface area contributed by atoms with Crippen LogP contribution in [0.4, 0.5) is 0 Å². The van der Waals surface area contributed by atoms with Gasteiger partial charge < -0.3 is 9.13 Å². The van der Waals surface area contributed by atoms with Gasteiger partial charge in [0.25, 0.3) is 0 Å². The summed E-state index contributed by atoms with van der Waals surface area (Å²) in [4.78, 5) is 0. The number of benzene rings is 11. The summed E-state index contributed by atoms with van der Waals surface area (Å²) in [7, 11) is 0. The van der Waals surface area contributed by atoms with Crippen LogP contribution in [0.1, 0.15) is 31.9 Å². The van der Waals surface area contributed by atoms with Crippen LogP contribution in [0.15, 0.2) is 255 Å². The lowest BCUT2D eigenvalue weighted by Crippen LogP contribution is -2.33.